The Balaban J connectivity index is 2.08. The van der Waals surface area contributed by atoms with E-state index in [1.54, 1.807) is 24.3 Å². The summed E-state index contributed by atoms with van der Waals surface area (Å²) in [6, 6.07) is 14.4. The average Bonchev–Trinajstić information content (AvgIpc) is 2.64. The Hall–Kier alpha value is -2.59. The molecule has 26 heavy (non-hydrogen) atoms. The number of carbonyl (C=O) groups is 2. The zero-order valence-corrected chi connectivity index (χ0v) is 15.6. The van der Waals surface area contributed by atoms with Crippen LogP contribution < -0.4 is 15.9 Å². The van der Waals surface area contributed by atoms with Gasteiger partial charge in [0.1, 0.15) is 0 Å². The number of aromatic nitrogens is 2. The van der Waals surface area contributed by atoms with Gasteiger partial charge in [-0.2, -0.15) is 9.69 Å². The van der Waals surface area contributed by atoms with Gasteiger partial charge in [-0.05, 0) is 40.8 Å². The molecule has 0 spiro atoms. The molecule has 8 heteroatoms. The second kappa shape index (κ2) is 6.61. The molecule has 7 nitrogen and oxygen atoms in total. The lowest BCUT2D eigenvalue weighted by Crippen LogP contribution is -2.60. The van der Waals surface area contributed by atoms with Gasteiger partial charge in [0.15, 0.2) is 5.82 Å². The van der Waals surface area contributed by atoms with E-state index in [4.69, 9.17) is 0 Å². The number of piperazine rings is 1. The maximum atomic E-state index is 13.2. The Morgan fingerprint density at radius 2 is 1.65 bits per heavy atom. The van der Waals surface area contributed by atoms with Crippen molar-refractivity contribution in [2.24, 2.45) is 0 Å². The number of nitrogens with one attached hydrogen (secondary N) is 1. The largest absolute Gasteiger partial charge is 0.300 e. The number of nitrogens with zero attached hydrogens (tertiary/aromatic N) is 3. The van der Waals surface area contributed by atoms with Crippen molar-refractivity contribution in [1.29, 1.82) is 0 Å². The minimum absolute atomic E-state index is 0.0171. The molecule has 0 aliphatic carbocycles. The van der Waals surface area contributed by atoms with E-state index in [2.05, 4.69) is 32.9 Å². The van der Waals surface area contributed by atoms with Crippen LogP contribution in [0.15, 0.2) is 53.3 Å². The molecule has 1 fully saturated rings. The third-order valence-electron chi connectivity index (χ3n) is 4.07. The number of rotatable bonds is 2. The molecular formula is C18H13IN4O3. The highest BCUT2D eigenvalue weighted by atomic mass is 127. The molecule has 0 saturated carbocycles. The predicted octanol–water partition coefficient (Wildman–Crippen LogP) is 1.26. The molecule has 1 aliphatic heterocycles. The van der Waals surface area contributed by atoms with Crippen LogP contribution in [0.1, 0.15) is 0 Å². The first kappa shape index (κ1) is 16.9. The summed E-state index contributed by atoms with van der Waals surface area (Å²) < 4.78 is 1.96. The van der Waals surface area contributed by atoms with E-state index in [1.807, 2.05) is 24.3 Å². The second-order valence-corrected chi connectivity index (χ2v) is 7.03. The van der Waals surface area contributed by atoms with Crippen molar-refractivity contribution < 1.29 is 9.59 Å². The molecule has 1 aromatic heterocycles. The molecule has 2 aromatic carbocycles. The van der Waals surface area contributed by atoms with E-state index in [0.29, 0.717) is 16.5 Å². The molecule has 1 N–H and O–H groups in total. The van der Waals surface area contributed by atoms with E-state index < -0.39 is 17.4 Å². The molecule has 0 unspecified atom stereocenters. The van der Waals surface area contributed by atoms with E-state index in [-0.39, 0.29) is 18.9 Å². The van der Waals surface area contributed by atoms with E-state index >= 15 is 0 Å². The fourth-order valence-electron chi connectivity index (χ4n) is 2.90. The van der Waals surface area contributed by atoms with Gasteiger partial charge in [-0.25, -0.2) is 4.98 Å². The first-order chi connectivity index (χ1) is 12.6. The Morgan fingerprint density at radius 1 is 0.962 bits per heavy atom. The van der Waals surface area contributed by atoms with Crippen LogP contribution in [0.4, 0.5) is 0 Å². The minimum atomic E-state index is -0.493. The number of carbonyl (C=O) groups excluding carboxylic acids is 2. The van der Waals surface area contributed by atoms with E-state index in [9.17, 15) is 14.4 Å². The third kappa shape index (κ3) is 2.80. The van der Waals surface area contributed by atoms with Gasteiger partial charge in [0, 0.05) is 9.13 Å². The number of hydrogen-bond acceptors (Lipinski definition) is 5. The molecule has 2 heterocycles. The summed E-state index contributed by atoms with van der Waals surface area (Å²) in [6.45, 7) is -0.0342. The van der Waals surface area contributed by atoms with Crippen molar-refractivity contribution in [3.8, 4) is 11.4 Å². The highest BCUT2D eigenvalue weighted by Crippen LogP contribution is 2.20. The van der Waals surface area contributed by atoms with Crippen LogP contribution in [0.3, 0.4) is 0 Å². The Bertz CT molecular complexity index is 1080. The molecular weight excluding hydrogens is 447 g/mol. The summed E-state index contributed by atoms with van der Waals surface area (Å²) in [4.78, 5) is 42.6. The number of fused-ring (bicyclic) bond motifs is 1. The van der Waals surface area contributed by atoms with E-state index in [0.717, 1.165) is 13.3 Å². The zero-order chi connectivity index (χ0) is 18.3. The maximum Gasteiger partial charge on any atom is 0.281 e. The first-order valence-electron chi connectivity index (χ1n) is 7.91. The lowest BCUT2D eigenvalue weighted by molar-refractivity contribution is -0.130. The van der Waals surface area contributed by atoms with Crippen molar-refractivity contribution in [2.75, 3.05) is 18.1 Å². The number of hydrogen-bond donors (Lipinski definition) is 1. The second-order valence-electron chi connectivity index (χ2n) is 5.78. The predicted molar refractivity (Wildman–Crippen MR) is 105 cm³/mol. The third-order valence-corrected chi connectivity index (χ3v) is 4.74. The molecule has 1 saturated heterocycles. The van der Waals surface area contributed by atoms with Gasteiger partial charge in [0.25, 0.3) is 17.4 Å². The van der Waals surface area contributed by atoms with Gasteiger partial charge in [-0.1, -0.05) is 30.3 Å². The van der Waals surface area contributed by atoms with Crippen LogP contribution in [0, 0.1) is 3.57 Å². The van der Waals surface area contributed by atoms with Crippen molar-refractivity contribution >= 4 is 45.3 Å². The van der Waals surface area contributed by atoms with Gasteiger partial charge in [-0.15, -0.1) is 0 Å². The van der Waals surface area contributed by atoms with Crippen LogP contribution in [0.25, 0.3) is 22.3 Å². The van der Waals surface area contributed by atoms with Gasteiger partial charge in [-0.3, -0.25) is 19.7 Å². The maximum absolute atomic E-state index is 13.2. The van der Waals surface area contributed by atoms with Crippen LogP contribution in [0.2, 0.25) is 0 Å². The van der Waals surface area contributed by atoms with Crippen LogP contribution in [-0.4, -0.2) is 34.6 Å². The minimum Gasteiger partial charge on any atom is -0.300 e. The molecule has 0 bridgehead atoms. The summed E-state index contributed by atoms with van der Waals surface area (Å²) in [5, 5.41) is 3.98. The SMILES string of the molecule is O=C1CNCC(=O)N1n1c(-c2ccccc2)nc2ccc(I)cc2c1=O. The quantitative estimate of drug-likeness (QED) is 0.460. The highest BCUT2D eigenvalue weighted by Gasteiger charge is 2.31. The summed E-state index contributed by atoms with van der Waals surface area (Å²) in [5.41, 5.74) is 0.709. The highest BCUT2D eigenvalue weighted by molar-refractivity contribution is 14.1. The summed E-state index contributed by atoms with van der Waals surface area (Å²) in [7, 11) is 0. The molecule has 2 amide bonds. The summed E-state index contributed by atoms with van der Waals surface area (Å²) in [6.07, 6.45) is 0. The van der Waals surface area contributed by atoms with Crippen molar-refractivity contribution in [3.05, 3.63) is 62.5 Å². The zero-order valence-electron chi connectivity index (χ0n) is 13.5. The number of benzene rings is 2. The summed E-state index contributed by atoms with van der Waals surface area (Å²) in [5.74, 6) is -0.729. The number of halogens is 1. The van der Waals surface area contributed by atoms with Gasteiger partial charge >= 0.3 is 0 Å². The van der Waals surface area contributed by atoms with Crippen molar-refractivity contribution in [1.82, 2.24) is 15.0 Å². The normalized spacial score (nSPS) is 14.9. The Morgan fingerprint density at radius 3 is 2.35 bits per heavy atom. The fraction of sp³-hybridized carbons (Fsp3) is 0.111. The average molecular weight is 460 g/mol. The van der Waals surface area contributed by atoms with Gasteiger partial charge < -0.3 is 0 Å². The topological polar surface area (TPSA) is 84.3 Å². The number of amides is 2. The number of imide groups is 1. The van der Waals surface area contributed by atoms with Gasteiger partial charge in [0.2, 0.25) is 0 Å². The van der Waals surface area contributed by atoms with Crippen LogP contribution in [-0.2, 0) is 9.59 Å². The standard InChI is InChI=1S/C18H13IN4O3/c19-12-6-7-14-13(8-12)18(26)23(22-15(24)9-20-10-16(22)25)17(21-14)11-4-2-1-3-5-11/h1-8,20H,9-10H2. The lowest BCUT2D eigenvalue weighted by Gasteiger charge is -2.28. The molecule has 3 aromatic rings. The molecule has 0 radical (unpaired) electrons. The van der Waals surface area contributed by atoms with Crippen LogP contribution >= 0.6 is 22.6 Å². The fourth-order valence-corrected chi connectivity index (χ4v) is 3.39. The van der Waals surface area contributed by atoms with Gasteiger partial charge in [0.05, 0.1) is 24.0 Å². The van der Waals surface area contributed by atoms with E-state index in [1.165, 1.54) is 0 Å². The van der Waals surface area contributed by atoms with Crippen molar-refractivity contribution in [3.63, 3.8) is 0 Å². The van der Waals surface area contributed by atoms with Crippen LogP contribution in [0.5, 0.6) is 0 Å². The monoisotopic (exact) mass is 460 g/mol. The molecule has 0 atom stereocenters. The first-order valence-corrected chi connectivity index (χ1v) is 8.98. The molecule has 130 valence electrons. The molecule has 1 aliphatic rings. The van der Waals surface area contributed by atoms with Crippen molar-refractivity contribution in [2.45, 2.75) is 0 Å². The lowest BCUT2D eigenvalue weighted by atomic mass is 10.2. The Kier molecular flexibility index (Phi) is 4.29. The Labute approximate surface area is 161 Å². The molecule has 4 rings (SSSR count). The summed E-state index contributed by atoms with van der Waals surface area (Å²) >= 11 is 2.11. The smallest absolute Gasteiger partial charge is 0.281 e.